The maximum atomic E-state index is 5.39. The van der Waals surface area contributed by atoms with Crippen LogP contribution in [-0.2, 0) is 0 Å². The van der Waals surface area contributed by atoms with Crippen molar-refractivity contribution in [2.24, 2.45) is 17.7 Å². The van der Waals surface area contributed by atoms with Crippen LogP contribution in [0.1, 0.15) is 27.2 Å². The van der Waals surface area contributed by atoms with Crippen LogP contribution < -0.4 is 20.9 Å². The first-order chi connectivity index (χ1) is 9.13. The first kappa shape index (κ1) is 13.8. The third kappa shape index (κ3) is 3.23. The molecule has 0 radical (unpaired) electrons. The molecule has 0 saturated carbocycles. The Labute approximate surface area is 113 Å². The highest BCUT2D eigenvalue weighted by molar-refractivity contribution is 5.38. The van der Waals surface area contributed by atoms with E-state index in [0.717, 1.165) is 25.4 Å². The van der Waals surface area contributed by atoms with Crippen LogP contribution in [-0.4, -0.2) is 34.6 Å². The van der Waals surface area contributed by atoms with Crippen LogP contribution in [0.15, 0.2) is 0 Å². The molecule has 0 aromatic carbocycles. The summed E-state index contributed by atoms with van der Waals surface area (Å²) < 4.78 is 5.34. The van der Waals surface area contributed by atoms with Gasteiger partial charge >= 0.3 is 6.01 Å². The summed E-state index contributed by atoms with van der Waals surface area (Å²) in [6.45, 7) is 8.84. The molecule has 1 aromatic heterocycles. The molecule has 1 aromatic rings. The van der Waals surface area contributed by atoms with Crippen LogP contribution in [0.5, 0.6) is 6.01 Å². The number of rotatable bonds is 4. The smallest absolute Gasteiger partial charge is 0.323 e. The number of nitrogen functional groups attached to an aromatic ring is 1. The molecule has 19 heavy (non-hydrogen) atoms. The van der Waals surface area contributed by atoms with Gasteiger partial charge in [-0.2, -0.15) is 15.0 Å². The van der Waals surface area contributed by atoms with Gasteiger partial charge in [0.25, 0.3) is 0 Å². The third-order valence-corrected chi connectivity index (χ3v) is 3.62. The highest BCUT2D eigenvalue weighted by Crippen LogP contribution is 2.26. The first-order valence-electron chi connectivity index (χ1n) is 6.74. The Kier molecular flexibility index (Phi) is 4.36. The van der Waals surface area contributed by atoms with E-state index in [0.29, 0.717) is 30.4 Å². The molecular weight excluding hydrogens is 244 g/mol. The standard InChI is InChI=1S/C12H22N6O/c1-4-19-12-15-10(17-13)14-11(16-12)18-6-5-8(2)9(3)7-18/h8-9H,4-7,13H2,1-3H3,(H,14,15,16,17). The fraction of sp³-hybridized carbons (Fsp3) is 0.750. The molecule has 0 amide bonds. The summed E-state index contributed by atoms with van der Waals surface area (Å²) in [5, 5.41) is 0. The fourth-order valence-corrected chi connectivity index (χ4v) is 2.19. The average Bonchev–Trinajstić information content (AvgIpc) is 2.42. The summed E-state index contributed by atoms with van der Waals surface area (Å²) in [5.74, 6) is 7.70. The predicted octanol–water partition coefficient (Wildman–Crippen LogP) is 1.04. The van der Waals surface area contributed by atoms with Gasteiger partial charge in [-0.05, 0) is 25.2 Å². The van der Waals surface area contributed by atoms with Crippen LogP contribution in [0.2, 0.25) is 0 Å². The van der Waals surface area contributed by atoms with Gasteiger partial charge in [0, 0.05) is 13.1 Å². The van der Waals surface area contributed by atoms with E-state index in [9.17, 15) is 0 Å². The molecule has 3 N–H and O–H groups in total. The molecule has 0 aliphatic carbocycles. The van der Waals surface area contributed by atoms with Crippen molar-refractivity contribution in [3.05, 3.63) is 0 Å². The van der Waals surface area contributed by atoms with Gasteiger partial charge in [0.15, 0.2) is 0 Å². The second-order valence-corrected chi connectivity index (χ2v) is 5.01. The van der Waals surface area contributed by atoms with Gasteiger partial charge in [0.2, 0.25) is 11.9 Å². The van der Waals surface area contributed by atoms with Gasteiger partial charge in [0.1, 0.15) is 0 Å². The highest BCUT2D eigenvalue weighted by Gasteiger charge is 2.25. The van der Waals surface area contributed by atoms with E-state index in [1.54, 1.807) is 0 Å². The number of aromatic nitrogens is 3. The molecule has 2 rings (SSSR count). The summed E-state index contributed by atoms with van der Waals surface area (Å²) in [5.41, 5.74) is 2.46. The minimum Gasteiger partial charge on any atom is -0.464 e. The van der Waals surface area contributed by atoms with E-state index < -0.39 is 0 Å². The SMILES string of the molecule is CCOc1nc(NN)nc(N2CCC(C)C(C)C2)n1. The van der Waals surface area contributed by atoms with E-state index in [1.165, 1.54) is 0 Å². The normalized spacial score (nSPS) is 23.3. The monoisotopic (exact) mass is 266 g/mol. The number of hydrogen-bond acceptors (Lipinski definition) is 7. The molecule has 2 heterocycles. The number of ether oxygens (including phenoxy) is 1. The van der Waals surface area contributed by atoms with E-state index in [4.69, 9.17) is 10.6 Å². The lowest BCUT2D eigenvalue weighted by atomic mass is 9.89. The zero-order valence-corrected chi connectivity index (χ0v) is 11.8. The van der Waals surface area contributed by atoms with Crippen molar-refractivity contribution in [2.45, 2.75) is 27.2 Å². The minimum atomic E-state index is 0.312. The summed E-state index contributed by atoms with van der Waals surface area (Å²) in [4.78, 5) is 14.9. The predicted molar refractivity (Wildman–Crippen MR) is 74.0 cm³/mol. The molecule has 0 bridgehead atoms. The Hall–Kier alpha value is -1.63. The van der Waals surface area contributed by atoms with Crippen LogP contribution in [0.25, 0.3) is 0 Å². The second kappa shape index (κ2) is 6.01. The Bertz CT molecular complexity index is 427. The number of nitrogens with two attached hydrogens (primary N) is 1. The Morgan fingerprint density at radius 1 is 1.32 bits per heavy atom. The van der Waals surface area contributed by atoms with Crippen LogP contribution in [0, 0.1) is 11.8 Å². The Morgan fingerprint density at radius 3 is 2.74 bits per heavy atom. The number of anilines is 2. The second-order valence-electron chi connectivity index (χ2n) is 5.01. The molecule has 1 aliphatic heterocycles. The van der Waals surface area contributed by atoms with Crippen molar-refractivity contribution in [3.8, 4) is 6.01 Å². The summed E-state index contributed by atoms with van der Waals surface area (Å²) in [7, 11) is 0. The molecular formula is C12H22N6O. The lowest BCUT2D eigenvalue weighted by molar-refractivity contribution is 0.305. The van der Waals surface area contributed by atoms with Crippen molar-refractivity contribution in [1.82, 2.24) is 15.0 Å². The average molecular weight is 266 g/mol. The topological polar surface area (TPSA) is 89.2 Å². The molecule has 1 fully saturated rings. The van der Waals surface area contributed by atoms with Crippen molar-refractivity contribution >= 4 is 11.9 Å². The van der Waals surface area contributed by atoms with E-state index >= 15 is 0 Å². The van der Waals surface area contributed by atoms with Gasteiger partial charge in [-0.3, -0.25) is 5.43 Å². The van der Waals surface area contributed by atoms with Crippen LogP contribution >= 0.6 is 0 Å². The molecule has 0 spiro atoms. The molecule has 106 valence electrons. The molecule has 1 aliphatic rings. The molecule has 1 saturated heterocycles. The number of piperidine rings is 1. The van der Waals surface area contributed by atoms with E-state index in [1.807, 2.05) is 6.92 Å². The van der Waals surface area contributed by atoms with Crippen molar-refractivity contribution in [2.75, 3.05) is 30.0 Å². The van der Waals surface area contributed by atoms with E-state index in [2.05, 4.69) is 39.1 Å². The number of hydrogen-bond donors (Lipinski definition) is 2. The van der Waals surface area contributed by atoms with Gasteiger partial charge < -0.3 is 9.64 Å². The molecule has 7 nitrogen and oxygen atoms in total. The molecule has 2 atom stereocenters. The lowest BCUT2D eigenvalue weighted by Crippen LogP contribution is -2.39. The zero-order valence-electron chi connectivity index (χ0n) is 11.8. The first-order valence-corrected chi connectivity index (χ1v) is 6.74. The van der Waals surface area contributed by atoms with Gasteiger partial charge in [-0.25, -0.2) is 5.84 Å². The number of nitrogens with zero attached hydrogens (tertiary/aromatic N) is 4. The van der Waals surface area contributed by atoms with E-state index in [-0.39, 0.29) is 0 Å². The summed E-state index contributed by atoms with van der Waals surface area (Å²) >= 11 is 0. The molecule has 2 unspecified atom stereocenters. The Morgan fingerprint density at radius 2 is 2.11 bits per heavy atom. The van der Waals surface area contributed by atoms with Gasteiger partial charge in [-0.1, -0.05) is 13.8 Å². The Balaban J connectivity index is 2.20. The maximum absolute atomic E-state index is 5.39. The lowest BCUT2D eigenvalue weighted by Gasteiger charge is -2.35. The van der Waals surface area contributed by atoms with Crippen LogP contribution in [0.3, 0.4) is 0 Å². The quantitative estimate of drug-likeness (QED) is 0.621. The minimum absolute atomic E-state index is 0.312. The van der Waals surface area contributed by atoms with Gasteiger partial charge in [-0.15, -0.1) is 0 Å². The summed E-state index contributed by atoms with van der Waals surface area (Å²) in [6.07, 6.45) is 1.14. The highest BCUT2D eigenvalue weighted by atomic mass is 16.5. The third-order valence-electron chi connectivity index (χ3n) is 3.62. The largest absolute Gasteiger partial charge is 0.464 e. The maximum Gasteiger partial charge on any atom is 0.323 e. The van der Waals surface area contributed by atoms with Crippen molar-refractivity contribution in [3.63, 3.8) is 0 Å². The zero-order chi connectivity index (χ0) is 13.8. The summed E-state index contributed by atoms with van der Waals surface area (Å²) in [6, 6.07) is 0.312. The van der Waals surface area contributed by atoms with Crippen molar-refractivity contribution in [1.29, 1.82) is 0 Å². The fourth-order valence-electron chi connectivity index (χ4n) is 2.19. The molecule has 7 heteroatoms. The van der Waals surface area contributed by atoms with Gasteiger partial charge in [0.05, 0.1) is 6.61 Å². The van der Waals surface area contributed by atoms with Crippen LogP contribution in [0.4, 0.5) is 11.9 Å². The number of hydrazine groups is 1. The number of nitrogens with one attached hydrogen (secondary N) is 1. The van der Waals surface area contributed by atoms with Crippen molar-refractivity contribution < 1.29 is 4.74 Å².